The zero-order chi connectivity index (χ0) is 15.2. The molecule has 0 aromatic carbocycles. The molecule has 1 aliphatic heterocycles. The van der Waals surface area contributed by atoms with Gasteiger partial charge in [0.05, 0.1) is 6.54 Å². The maximum atomic E-state index is 5.83. The highest BCUT2D eigenvalue weighted by atomic mass is 16.3. The third kappa shape index (κ3) is 5.13. The maximum absolute atomic E-state index is 5.83. The Balaban J connectivity index is 1.81. The fourth-order valence-electron chi connectivity index (χ4n) is 3.12. The molecule has 4 heteroatoms. The van der Waals surface area contributed by atoms with Crippen LogP contribution in [-0.4, -0.2) is 50.1 Å². The minimum absolute atomic E-state index is 0.829. The highest BCUT2D eigenvalue weighted by Crippen LogP contribution is 2.20. The molecule has 1 aromatic rings. The smallest absolute Gasteiger partial charge is 0.118 e. The van der Waals surface area contributed by atoms with Gasteiger partial charge in [-0.25, -0.2) is 0 Å². The Labute approximate surface area is 129 Å². The molecule has 2 heterocycles. The minimum Gasteiger partial charge on any atom is -0.465 e. The lowest BCUT2D eigenvalue weighted by Gasteiger charge is -2.31. The van der Waals surface area contributed by atoms with Crippen LogP contribution in [-0.2, 0) is 13.1 Å². The molecule has 1 saturated heterocycles. The van der Waals surface area contributed by atoms with Crippen molar-refractivity contribution in [2.45, 2.75) is 39.8 Å². The Morgan fingerprint density at radius 1 is 1.38 bits per heavy atom. The van der Waals surface area contributed by atoms with E-state index in [-0.39, 0.29) is 0 Å². The predicted molar refractivity (Wildman–Crippen MR) is 87.4 cm³/mol. The van der Waals surface area contributed by atoms with Crippen LogP contribution in [0.2, 0.25) is 0 Å². The molecule has 120 valence electrons. The zero-order valence-electron chi connectivity index (χ0n) is 14.1. The lowest BCUT2D eigenvalue weighted by atomic mass is 9.96. The summed E-state index contributed by atoms with van der Waals surface area (Å²) in [6.45, 7) is 10.7. The number of aryl methyl sites for hydroxylation is 1. The van der Waals surface area contributed by atoms with Crippen molar-refractivity contribution in [3.05, 3.63) is 23.2 Å². The van der Waals surface area contributed by atoms with E-state index in [1.165, 1.54) is 38.0 Å². The van der Waals surface area contributed by atoms with Gasteiger partial charge in [0.15, 0.2) is 0 Å². The molecule has 0 amide bonds. The summed E-state index contributed by atoms with van der Waals surface area (Å²) in [6.07, 6.45) is 2.66. The second-order valence-electron chi connectivity index (χ2n) is 6.52. The van der Waals surface area contributed by atoms with Gasteiger partial charge in [0, 0.05) is 18.7 Å². The molecule has 0 spiro atoms. The summed E-state index contributed by atoms with van der Waals surface area (Å²) >= 11 is 0. The Kier molecular flexibility index (Phi) is 6.27. The predicted octanol–water partition coefficient (Wildman–Crippen LogP) is 2.47. The van der Waals surface area contributed by atoms with Crippen LogP contribution in [0.5, 0.6) is 0 Å². The van der Waals surface area contributed by atoms with Gasteiger partial charge in [-0.2, -0.15) is 0 Å². The first kappa shape index (κ1) is 16.5. The number of hydrogen-bond acceptors (Lipinski definition) is 4. The summed E-state index contributed by atoms with van der Waals surface area (Å²) in [5.74, 6) is 2.97. The molecule has 4 nitrogen and oxygen atoms in total. The topological polar surface area (TPSA) is 31.6 Å². The third-order valence-corrected chi connectivity index (χ3v) is 4.47. The highest BCUT2D eigenvalue weighted by Gasteiger charge is 2.19. The number of nitrogens with zero attached hydrogens (tertiary/aromatic N) is 2. The van der Waals surface area contributed by atoms with Gasteiger partial charge >= 0.3 is 0 Å². The molecule has 0 saturated carbocycles. The molecule has 0 radical (unpaired) electrons. The summed E-state index contributed by atoms with van der Waals surface area (Å²) < 4.78 is 5.83. The molecule has 21 heavy (non-hydrogen) atoms. The Hall–Kier alpha value is -0.840. The fraction of sp³-hybridized carbons (Fsp3) is 0.765. The van der Waals surface area contributed by atoms with E-state index in [4.69, 9.17) is 4.42 Å². The Morgan fingerprint density at radius 2 is 2.10 bits per heavy atom. The molecule has 1 fully saturated rings. The van der Waals surface area contributed by atoms with Gasteiger partial charge in [-0.15, -0.1) is 0 Å². The molecule has 0 unspecified atom stereocenters. The number of hydrogen-bond donors (Lipinski definition) is 1. The molecule has 0 bridgehead atoms. The second kappa shape index (κ2) is 7.97. The van der Waals surface area contributed by atoms with Gasteiger partial charge in [0.1, 0.15) is 11.5 Å². The minimum atomic E-state index is 0.829. The lowest BCUT2D eigenvalue weighted by molar-refractivity contribution is 0.173. The number of furan rings is 1. The van der Waals surface area contributed by atoms with Gasteiger partial charge < -0.3 is 19.5 Å². The standard InChI is InChI=1S/C17H31N3O/c1-5-18-11-17-10-16(14(2)21-17)13-20(4)12-15-6-8-19(3)9-7-15/h10,15,18H,5-9,11-13H2,1-4H3. The van der Waals surface area contributed by atoms with Crippen molar-refractivity contribution < 1.29 is 4.42 Å². The largest absolute Gasteiger partial charge is 0.465 e. The van der Waals surface area contributed by atoms with Gasteiger partial charge in [0.25, 0.3) is 0 Å². The zero-order valence-corrected chi connectivity index (χ0v) is 14.1. The van der Waals surface area contributed by atoms with E-state index >= 15 is 0 Å². The van der Waals surface area contributed by atoms with E-state index in [1.807, 2.05) is 0 Å². The van der Waals surface area contributed by atoms with Crippen molar-refractivity contribution >= 4 is 0 Å². The molecule has 1 aromatic heterocycles. The molecular formula is C17H31N3O. The summed E-state index contributed by atoms with van der Waals surface area (Å²) in [7, 11) is 4.45. The quantitative estimate of drug-likeness (QED) is 0.837. The van der Waals surface area contributed by atoms with E-state index in [9.17, 15) is 0 Å². The summed E-state index contributed by atoms with van der Waals surface area (Å²) in [4.78, 5) is 4.88. The number of nitrogens with one attached hydrogen (secondary N) is 1. The SMILES string of the molecule is CCNCc1cc(CN(C)CC2CCN(C)CC2)c(C)o1. The van der Waals surface area contributed by atoms with Crippen LogP contribution < -0.4 is 5.32 Å². The summed E-state index contributed by atoms with van der Waals surface area (Å²) in [6, 6.07) is 2.21. The van der Waals surface area contributed by atoms with Gasteiger partial charge in [-0.05, 0) is 65.5 Å². The van der Waals surface area contributed by atoms with Gasteiger partial charge in [-0.1, -0.05) is 6.92 Å². The van der Waals surface area contributed by atoms with Crippen LogP contribution in [0.4, 0.5) is 0 Å². The van der Waals surface area contributed by atoms with Crippen LogP contribution >= 0.6 is 0 Å². The Morgan fingerprint density at radius 3 is 2.76 bits per heavy atom. The molecule has 1 aliphatic rings. The average molecular weight is 293 g/mol. The van der Waals surface area contributed by atoms with Crippen LogP contribution in [0.25, 0.3) is 0 Å². The molecule has 0 aliphatic carbocycles. The van der Waals surface area contributed by atoms with Crippen molar-refractivity contribution in [2.24, 2.45) is 5.92 Å². The maximum Gasteiger partial charge on any atom is 0.118 e. The fourth-order valence-corrected chi connectivity index (χ4v) is 3.12. The van der Waals surface area contributed by atoms with E-state index in [2.05, 4.69) is 49.1 Å². The summed E-state index contributed by atoms with van der Waals surface area (Å²) in [5.41, 5.74) is 1.33. The molecule has 1 N–H and O–H groups in total. The van der Waals surface area contributed by atoms with Crippen LogP contribution in [0.3, 0.4) is 0 Å². The van der Waals surface area contributed by atoms with Crippen molar-refractivity contribution in [3.8, 4) is 0 Å². The molecule has 0 atom stereocenters. The number of likely N-dealkylation sites (tertiary alicyclic amines) is 1. The molecular weight excluding hydrogens is 262 g/mol. The van der Waals surface area contributed by atoms with E-state index in [0.717, 1.165) is 37.1 Å². The van der Waals surface area contributed by atoms with Crippen LogP contribution in [0.1, 0.15) is 36.8 Å². The third-order valence-electron chi connectivity index (χ3n) is 4.47. The average Bonchev–Trinajstić information content (AvgIpc) is 2.79. The Bertz CT molecular complexity index is 422. The normalized spacial score (nSPS) is 17.8. The van der Waals surface area contributed by atoms with Crippen molar-refractivity contribution in [1.82, 2.24) is 15.1 Å². The van der Waals surface area contributed by atoms with Crippen molar-refractivity contribution in [1.29, 1.82) is 0 Å². The van der Waals surface area contributed by atoms with Crippen molar-refractivity contribution in [2.75, 3.05) is 40.3 Å². The highest BCUT2D eigenvalue weighted by molar-refractivity contribution is 5.20. The van der Waals surface area contributed by atoms with E-state index < -0.39 is 0 Å². The monoisotopic (exact) mass is 293 g/mol. The van der Waals surface area contributed by atoms with Crippen LogP contribution in [0, 0.1) is 12.8 Å². The van der Waals surface area contributed by atoms with Gasteiger partial charge in [0.2, 0.25) is 0 Å². The van der Waals surface area contributed by atoms with Crippen LogP contribution in [0.15, 0.2) is 10.5 Å². The second-order valence-corrected chi connectivity index (χ2v) is 6.52. The number of rotatable bonds is 7. The first-order valence-electron chi connectivity index (χ1n) is 8.24. The first-order valence-corrected chi connectivity index (χ1v) is 8.24. The lowest BCUT2D eigenvalue weighted by Crippen LogP contribution is -2.35. The van der Waals surface area contributed by atoms with Gasteiger partial charge in [-0.3, -0.25) is 0 Å². The number of piperidine rings is 1. The van der Waals surface area contributed by atoms with Crippen molar-refractivity contribution in [3.63, 3.8) is 0 Å². The molecule has 2 rings (SSSR count). The van der Waals surface area contributed by atoms with E-state index in [1.54, 1.807) is 0 Å². The first-order chi connectivity index (χ1) is 10.1. The summed E-state index contributed by atoms with van der Waals surface area (Å²) in [5, 5.41) is 3.32. The van der Waals surface area contributed by atoms with E-state index in [0.29, 0.717) is 0 Å².